The molecule has 0 radical (unpaired) electrons. The van der Waals surface area contributed by atoms with Crippen molar-refractivity contribution >= 4 is 40.1 Å². The van der Waals surface area contributed by atoms with E-state index in [-0.39, 0.29) is 11.9 Å². The predicted molar refractivity (Wildman–Crippen MR) is 113 cm³/mol. The number of oxazole rings is 1. The van der Waals surface area contributed by atoms with Gasteiger partial charge in [0.2, 0.25) is 0 Å². The highest BCUT2D eigenvalue weighted by Crippen LogP contribution is 2.28. The number of aryl methyl sites for hydroxylation is 1. The molecule has 1 atom stereocenters. The van der Waals surface area contributed by atoms with Crippen LogP contribution in [0.25, 0.3) is 11.1 Å². The molecule has 0 aliphatic heterocycles. The Balaban J connectivity index is 1.37. The number of nitrogens with one attached hydrogen (secondary N) is 1. The normalized spacial score (nSPS) is 12.2. The van der Waals surface area contributed by atoms with Gasteiger partial charge in [-0.15, -0.1) is 11.3 Å². The van der Waals surface area contributed by atoms with Gasteiger partial charge in [-0.1, -0.05) is 48.2 Å². The first-order valence-electron chi connectivity index (χ1n) is 8.89. The number of aromatic nitrogens is 2. The molecule has 4 aromatic rings. The number of fused-ring (bicyclic) bond motifs is 1. The van der Waals surface area contributed by atoms with Gasteiger partial charge in [0, 0.05) is 5.38 Å². The van der Waals surface area contributed by atoms with Gasteiger partial charge in [-0.25, -0.2) is 9.97 Å². The molecule has 7 heteroatoms. The maximum absolute atomic E-state index is 12.5. The van der Waals surface area contributed by atoms with Gasteiger partial charge in [-0.3, -0.25) is 4.79 Å². The molecule has 1 amide bonds. The van der Waals surface area contributed by atoms with Crippen LogP contribution in [0.15, 0.2) is 63.6 Å². The largest absolute Gasteiger partial charge is 0.431 e. The number of thiazole rings is 1. The molecule has 0 fully saturated rings. The van der Waals surface area contributed by atoms with Crippen molar-refractivity contribution in [1.82, 2.24) is 15.3 Å². The summed E-state index contributed by atoms with van der Waals surface area (Å²) in [6, 6.07) is 15.7. The van der Waals surface area contributed by atoms with E-state index in [1.54, 1.807) is 5.38 Å². The lowest BCUT2D eigenvalue weighted by molar-refractivity contribution is 0.0935. The van der Waals surface area contributed by atoms with Gasteiger partial charge in [0.05, 0.1) is 11.8 Å². The van der Waals surface area contributed by atoms with Gasteiger partial charge in [0.15, 0.2) is 5.58 Å². The number of carbonyl (C=O) groups excluding carboxylic acids is 1. The first-order valence-corrected chi connectivity index (χ1v) is 10.8. The third-order valence-electron chi connectivity index (χ3n) is 4.27. The Bertz CT molecular complexity index is 1110. The number of benzene rings is 2. The number of carbonyl (C=O) groups is 1. The highest BCUT2D eigenvalue weighted by atomic mass is 32.2. The summed E-state index contributed by atoms with van der Waals surface area (Å²) in [5, 5.41) is 6.25. The second-order valence-corrected chi connectivity index (χ2v) is 8.34. The number of nitrogens with zero attached hydrogens (tertiary/aromatic N) is 2. The van der Waals surface area contributed by atoms with E-state index in [9.17, 15) is 4.79 Å². The van der Waals surface area contributed by atoms with Gasteiger partial charge < -0.3 is 9.73 Å². The van der Waals surface area contributed by atoms with Crippen LogP contribution in [-0.2, 0) is 5.75 Å². The lowest BCUT2D eigenvalue weighted by Crippen LogP contribution is -2.26. The Labute approximate surface area is 171 Å². The van der Waals surface area contributed by atoms with Crippen molar-refractivity contribution in [3.8, 4) is 0 Å². The minimum atomic E-state index is -0.166. The quantitative estimate of drug-likeness (QED) is 0.433. The topological polar surface area (TPSA) is 68.0 Å². The summed E-state index contributed by atoms with van der Waals surface area (Å²) >= 11 is 2.95. The van der Waals surface area contributed by atoms with Gasteiger partial charge in [-0.2, -0.15) is 0 Å². The lowest BCUT2D eigenvalue weighted by atomic mass is 10.1. The number of hydrogen-bond acceptors (Lipinski definition) is 6. The molecule has 0 bridgehead atoms. The number of amides is 1. The van der Waals surface area contributed by atoms with Crippen molar-refractivity contribution in [3.63, 3.8) is 0 Å². The molecule has 0 aliphatic carbocycles. The van der Waals surface area contributed by atoms with Crippen LogP contribution >= 0.6 is 23.1 Å². The third kappa shape index (κ3) is 4.26. The predicted octanol–water partition coefficient (Wildman–Crippen LogP) is 5.38. The van der Waals surface area contributed by atoms with Crippen molar-refractivity contribution in [2.45, 2.75) is 30.9 Å². The smallest absolute Gasteiger partial charge is 0.271 e. The number of thioether (sulfide) groups is 1. The average molecular weight is 410 g/mol. The maximum atomic E-state index is 12.5. The van der Waals surface area contributed by atoms with Crippen molar-refractivity contribution in [1.29, 1.82) is 0 Å². The van der Waals surface area contributed by atoms with E-state index in [1.807, 2.05) is 62.4 Å². The second kappa shape index (κ2) is 8.16. The molecule has 0 saturated heterocycles. The molecule has 28 heavy (non-hydrogen) atoms. The minimum Gasteiger partial charge on any atom is -0.431 e. The fraction of sp³-hybridized carbons (Fsp3) is 0.190. The van der Waals surface area contributed by atoms with Gasteiger partial charge in [0.25, 0.3) is 11.1 Å². The Hall–Kier alpha value is -2.64. The van der Waals surface area contributed by atoms with Crippen LogP contribution < -0.4 is 5.32 Å². The molecule has 2 aromatic carbocycles. The number of hydrogen-bond donors (Lipinski definition) is 1. The molecule has 1 N–H and O–H groups in total. The van der Waals surface area contributed by atoms with Crippen LogP contribution in [0.2, 0.25) is 0 Å². The summed E-state index contributed by atoms with van der Waals surface area (Å²) in [5.41, 5.74) is 4.29. The monoisotopic (exact) mass is 409 g/mol. The number of rotatable bonds is 6. The summed E-state index contributed by atoms with van der Waals surface area (Å²) < 4.78 is 5.75. The van der Waals surface area contributed by atoms with Crippen molar-refractivity contribution < 1.29 is 9.21 Å². The van der Waals surface area contributed by atoms with Crippen LogP contribution in [0.1, 0.15) is 39.6 Å². The van der Waals surface area contributed by atoms with E-state index >= 15 is 0 Å². The van der Waals surface area contributed by atoms with Crippen LogP contribution in [0.5, 0.6) is 0 Å². The third-order valence-corrected chi connectivity index (χ3v) is 6.15. The van der Waals surface area contributed by atoms with Crippen LogP contribution in [0.3, 0.4) is 0 Å². The van der Waals surface area contributed by atoms with Crippen LogP contribution in [0, 0.1) is 6.92 Å². The summed E-state index contributed by atoms with van der Waals surface area (Å²) in [4.78, 5) is 21.4. The summed E-state index contributed by atoms with van der Waals surface area (Å²) in [6.45, 7) is 3.99. The van der Waals surface area contributed by atoms with Gasteiger partial charge in [-0.05, 0) is 37.1 Å². The zero-order chi connectivity index (χ0) is 19.5. The average Bonchev–Trinajstić information content (AvgIpc) is 3.33. The molecule has 0 aliphatic rings. The Morgan fingerprint density at radius 3 is 2.86 bits per heavy atom. The molecule has 0 unspecified atom stereocenters. The molecule has 2 aromatic heterocycles. The highest BCUT2D eigenvalue weighted by Gasteiger charge is 2.15. The Morgan fingerprint density at radius 2 is 2.04 bits per heavy atom. The van der Waals surface area contributed by atoms with Gasteiger partial charge in [0.1, 0.15) is 16.2 Å². The van der Waals surface area contributed by atoms with E-state index < -0.39 is 0 Å². The van der Waals surface area contributed by atoms with Crippen LogP contribution in [0.4, 0.5) is 0 Å². The Kier molecular flexibility index (Phi) is 5.45. The molecule has 2 heterocycles. The zero-order valence-electron chi connectivity index (χ0n) is 15.5. The van der Waals surface area contributed by atoms with Gasteiger partial charge >= 0.3 is 0 Å². The minimum absolute atomic E-state index is 0.0727. The highest BCUT2D eigenvalue weighted by molar-refractivity contribution is 7.98. The van der Waals surface area contributed by atoms with E-state index in [0.717, 1.165) is 27.2 Å². The molecule has 0 saturated carbocycles. The first kappa shape index (κ1) is 18.7. The fourth-order valence-corrected chi connectivity index (χ4v) is 4.41. The molecular weight excluding hydrogens is 390 g/mol. The lowest BCUT2D eigenvalue weighted by Gasteiger charge is -2.13. The van der Waals surface area contributed by atoms with E-state index in [1.165, 1.54) is 23.1 Å². The standard InChI is InChI=1S/C21H19N3O2S2/c1-13-8-9-18-16(10-13)24-21(26-18)28-12-19-23-17(11-27-19)20(25)22-14(2)15-6-4-3-5-7-15/h3-11,14H,12H2,1-2H3,(H,22,25)/t14-/m1/s1. The first-order chi connectivity index (χ1) is 13.6. The molecule has 142 valence electrons. The molecule has 5 nitrogen and oxygen atoms in total. The fourth-order valence-electron chi connectivity index (χ4n) is 2.78. The summed E-state index contributed by atoms with van der Waals surface area (Å²) in [7, 11) is 0. The zero-order valence-corrected chi connectivity index (χ0v) is 17.1. The summed E-state index contributed by atoms with van der Waals surface area (Å²) in [6.07, 6.45) is 0. The second-order valence-electron chi connectivity index (χ2n) is 6.47. The van der Waals surface area contributed by atoms with E-state index in [2.05, 4.69) is 15.3 Å². The van der Waals surface area contributed by atoms with E-state index in [4.69, 9.17) is 4.42 Å². The van der Waals surface area contributed by atoms with Crippen molar-refractivity contribution in [2.75, 3.05) is 0 Å². The van der Waals surface area contributed by atoms with Crippen molar-refractivity contribution in [2.24, 2.45) is 0 Å². The Morgan fingerprint density at radius 1 is 1.21 bits per heavy atom. The van der Waals surface area contributed by atoms with Crippen LogP contribution in [-0.4, -0.2) is 15.9 Å². The molecule has 4 rings (SSSR count). The molecule has 0 spiro atoms. The SMILES string of the molecule is Cc1ccc2oc(SCc3nc(C(=O)N[C@H](C)c4ccccc4)cs3)nc2c1. The van der Waals surface area contributed by atoms with Crippen molar-refractivity contribution in [3.05, 3.63) is 75.7 Å². The molecular formula is C21H19N3O2S2. The summed E-state index contributed by atoms with van der Waals surface area (Å²) in [5.74, 6) is 0.444. The van der Waals surface area contributed by atoms with E-state index in [0.29, 0.717) is 16.7 Å². The maximum Gasteiger partial charge on any atom is 0.271 e.